The lowest BCUT2D eigenvalue weighted by atomic mass is 9.86. The average molecular weight is 955 g/mol. The van der Waals surface area contributed by atoms with Gasteiger partial charge in [0.25, 0.3) is 11.8 Å². The largest absolute Gasteiger partial charge is 0.493 e. The third kappa shape index (κ3) is 10.0. The first kappa shape index (κ1) is 47.6. The van der Waals surface area contributed by atoms with Gasteiger partial charge >= 0.3 is 6.18 Å². The van der Waals surface area contributed by atoms with Crippen LogP contribution in [0, 0.1) is 18.3 Å². The van der Waals surface area contributed by atoms with Gasteiger partial charge in [-0.15, -0.1) is 0 Å². The van der Waals surface area contributed by atoms with Crippen LogP contribution in [0.1, 0.15) is 115 Å². The number of nitrogens with one attached hydrogen (secondary N) is 2. The van der Waals surface area contributed by atoms with E-state index in [0.717, 1.165) is 74.1 Å². The Hall–Kier alpha value is -6.50. The number of fused-ring (bicyclic) bond motifs is 2. The standard InChI is InChI=1S/C50H57F3N8O8/c1-27(30-19-31(50(51,52)53)21-32(54)20-30)55-44-38-23-42(41(67-4)24-39(38)56-28(2)57-44)68-26-49(15-16-49)25-59(3)46(64)29-5-8-34(9-6-29)69-35-13-17-60(18-14-35)33-7-10-36-37(22-33)48(66)61(47(36)65)40-11-12-43(62)58-45(40)63/h7,10,19-24,27,29,34-35,40H,5-6,8-9,11-18,25-26,54H2,1-4H3,(H,55,56,57)(H,58,62,63)/t27-,29?,34?,40?/m1/s1. The highest BCUT2D eigenvalue weighted by Crippen LogP contribution is 2.48. The van der Waals surface area contributed by atoms with Crippen molar-refractivity contribution in [2.75, 3.05) is 56.3 Å². The molecule has 1 unspecified atom stereocenters. The van der Waals surface area contributed by atoms with Crippen LogP contribution in [0.5, 0.6) is 11.5 Å². The van der Waals surface area contributed by atoms with Crippen molar-refractivity contribution in [1.82, 2.24) is 25.1 Å². The number of methoxy groups -OCH3 is 1. The number of nitrogens with two attached hydrogens (primary N) is 1. The molecule has 4 N–H and O–H groups in total. The smallest absolute Gasteiger partial charge is 0.416 e. The van der Waals surface area contributed by atoms with E-state index in [1.54, 1.807) is 45.2 Å². The van der Waals surface area contributed by atoms with Crippen LogP contribution in [0.15, 0.2) is 48.5 Å². The Kier molecular flexibility index (Phi) is 12.9. The molecule has 5 amide bonds. The second-order valence-corrected chi connectivity index (χ2v) is 19.3. The minimum atomic E-state index is -4.55. The van der Waals surface area contributed by atoms with E-state index in [9.17, 15) is 37.1 Å². The van der Waals surface area contributed by atoms with Crippen LogP contribution in [0.3, 0.4) is 0 Å². The van der Waals surface area contributed by atoms with Gasteiger partial charge < -0.3 is 35.1 Å². The molecule has 366 valence electrons. The molecule has 69 heavy (non-hydrogen) atoms. The molecule has 0 bridgehead atoms. The average Bonchev–Trinajstić information content (AvgIpc) is 4.04. The SMILES string of the molecule is COc1cc2nc(C)nc(N[C@H](C)c3cc(N)cc(C(F)(F)F)c3)c2cc1OCC1(CN(C)C(=O)C2CCC(OC3CCN(c4ccc5c(c4)C(=O)N(C4CCC(=O)NC4=O)C5=O)CC3)CC2)CC1. The van der Waals surface area contributed by atoms with Gasteiger partial charge in [-0.2, -0.15) is 13.2 Å². The predicted molar refractivity (Wildman–Crippen MR) is 249 cm³/mol. The third-order valence-corrected chi connectivity index (χ3v) is 14.3. The predicted octanol–water partition coefficient (Wildman–Crippen LogP) is 6.98. The number of hydrogen-bond donors (Lipinski definition) is 3. The number of carbonyl (C=O) groups is 5. The summed E-state index contributed by atoms with van der Waals surface area (Å²) in [6.45, 7) is 5.75. The van der Waals surface area contributed by atoms with Crippen LogP contribution < -0.4 is 30.7 Å². The van der Waals surface area contributed by atoms with E-state index in [-0.39, 0.29) is 59.1 Å². The molecule has 2 saturated heterocycles. The molecule has 2 saturated carbocycles. The maximum Gasteiger partial charge on any atom is 0.416 e. The van der Waals surface area contributed by atoms with Gasteiger partial charge in [-0.05, 0) is 120 Å². The summed E-state index contributed by atoms with van der Waals surface area (Å²) in [5.41, 5.74) is 7.05. The summed E-state index contributed by atoms with van der Waals surface area (Å²) in [6.07, 6.45) is 2.14. The molecule has 9 rings (SSSR count). The van der Waals surface area contributed by atoms with E-state index in [1.807, 2.05) is 18.0 Å². The van der Waals surface area contributed by atoms with Crippen LogP contribution in [-0.2, 0) is 25.3 Å². The number of anilines is 3. The zero-order valence-corrected chi connectivity index (χ0v) is 39.1. The zero-order chi connectivity index (χ0) is 48.9. The monoisotopic (exact) mass is 954 g/mol. The summed E-state index contributed by atoms with van der Waals surface area (Å²) in [5.74, 6) is -0.289. The molecule has 19 heteroatoms. The van der Waals surface area contributed by atoms with Gasteiger partial charge in [0.05, 0.1) is 54.2 Å². The Labute approximate surface area is 397 Å². The van der Waals surface area contributed by atoms with E-state index in [4.69, 9.17) is 19.9 Å². The van der Waals surface area contributed by atoms with Crippen molar-refractivity contribution < 1.29 is 51.4 Å². The molecule has 2 atom stereocenters. The maximum atomic E-state index is 13.8. The van der Waals surface area contributed by atoms with Crippen molar-refractivity contribution in [1.29, 1.82) is 0 Å². The minimum absolute atomic E-state index is 0.00363. The lowest BCUT2D eigenvalue weighted by Gasteiger charge is -2.37. The molecule has 1 aromatic heterocycles. The van der Waals surface area contributed by atoms with Crippen molar-refractivity contribution in [2.45, 2.75) is 109 Å². The minimum Gasteiger partial charge on any atom is -0.493 e. The fraction of sp³-hybridized carbons (Fsp3) is 0.500. The highest BCUT2D eigenvalue weighted by Gasteiger charge is 2.47. The summed E-state index contributed by atoms with van der Waals surface area (Å²) in [6, 6.07) is 10.6. The number of imide groups is 2. The molecule has 0 spiro atoms. The highest BCUT2D eigenvalue weighted by atomic mass is 19.4. The molecular weight excluding hydrogens is 898 g/mol. The van der Waals surface area contributed by atoms with E-state index in [2.05, 4.69) is 25.5 Å². The fourth-order valence-corrected chi connectivity index (χ4v) is 10.3. The van der Waals surface area contributed by atoms with Crippen LogP contribution in [0.25, 0.3) is 10.9 Å². The molecular formula is C50H57F3N8O8. The van der Waals surface area contributed by atoms with Crippen LogP contribution in [-0.4, -0.2) is 108 Å². The molecule has 4 aromatic rings. The molecule has 3 aromatic carbocycles. The van der Waals surface area contributed by atoms with E-state index >= 15 is 0 Å². The number of halogens is 3. The molecule has 4 fully saturated rings. The van der Waals surface area contributed by atoms with Gasteiger partial charge in [-0.1, -0.05) is 0 Å². The molecule has 4 heterocycles. The Bertz CT molecular complexity index is 2700. The lowest BCUT2D eigenvalue weighted by Crippen LogP contribution is -2.54. The fourth-order valence-electron chi connectivity index (χ4n) is 10.3. The summed E-state index contributed by atoms with van der Waals surface area (Å²) in [4.78, 5) is 78.7. The number of carbonyl (C=O) groups excluding carboxylic acids is 5. The number of piperidine rings is 2. The molecule has 5 aliphatic rings. The van der Waals surface area contributed by atoms with Gasteiger partial charge in [-0.3, -0.25) is 34.2 Å². The summed E-state index contributed by atoms with van der Waals surface area (Å²) in [7, 11) is 3.40. The van der Waals surface area contributed by atoms with Crippen molar-refractivity contribution in [3.63, 3.8) is 0 Å². The maximum absolute atomic E-state index is 13.8. The summed E-state index contributed by atoms with van der Waals surface area (Å²) < 4.78 is 59.6. The quantitative estimate of drug-likeness (QED) is 0.0865. The van der Waals surface area contributed by atoms with Crippen LogP contribution >= 0.6 is 0 Å². The number of hydrogen-bond acceptors (Lipinski definition) is 13. The number of nitrogen functional groups attached to an aromatic ring is 1. The number of aryl methyl sites for hydroxylation is 1. The van der Waals surface area contributed by atoms with E-state index in [1.165, 1.54) is 6.07 Å². The van der Waals surface area contributed by atoms with Gasteiger partial charge in [0, 0.05) is 67.3 Å². The number of rotatable bonds is 14. The normalized spacial score (nSPS) is 22.0. The van der Waals surface area contributed by atoms with Gasteiger partial charge in [0.2, 0.25) is 17.7 Å². The van der Waals surface area contributed by atoms with Gasteiger partial charge in [-0.25, -0.2) is 9.97 Å². The first-order valence-electron chi connectivity index (χ1n) is 23.6. The topological polar surface area (TPSA) is 199 Å². The molecule has 3 aliphatic heterocycles. The van der Waals surface area contributed by atoms with Gasteiger partial charge in [0.1, 0.15) is 17.7 Å². The Morgan fingerprint density at radius 2 is 1.64 bits per heavy atom. The van der Waals surface area contributed by atoms with Crippen molar-refractivity contribution in [3.05, 3.63) is 76.6 Å². The molecule has 16 nitrogen and oxygen atoms in total. The second-order valence-electron chi connectivity index (χ2n) is 19.3. The number of aromatic nitrogens is 2. The van der Waals surface area contributed by atoms with E-state index < -0.39 is 47.5 Å². The molecule has 2 aliphatic carbocycles. The third-order valence-electron chi connectivity index (χ3n) is 14.3. The number of nitrogens with zero attached hydrogens (tertiary/aromatic N) is 5. The molecule has 0 radical (unpaired) electrons. The summed E-state index contributed by atoms with van der Waals surface area (Å²) >= 11 is 0. The number of benzene rings is 3. The van der Waals surface area contributed by atoms with E-state index in [0.29, 0.717) is 65.8 Å². The van der Waals surface area contributed by atoms with Crippen molar-refractivity contribution in [3.8, 4) is 11.5 Å². The zero-order valence-electron chi connectivity index (χ0n) is 39.1. The Morgan fingerprint density at radius 3 is 2.32 bits per heavy atom. The van der Waals surface area contributed by atoms with Crippen molar-refractivity contribution in [2.24, 2.45) is 11.3 Å². The number of amides is 5. The number of alkyl halides is 3. The first-order chi connectivity index (χ1) is 32.9. The summed E-state index contributed by atoms with van der Waals surface area (Å²) in [5, 5.41) is 6.09. The number of ether oxygens (including phenoxy) is 3. The Balaban J connectivity index is 0.751. The Morgan fingerprint density at radius 1 is 0.928 bits per heavy atom. The van der Waals surface area contributed by atoms with Crippen LogP contribution in [0.2, 0.25) is 0 Å². The second kappa shape index (κ2) is 18.8. The highest BCUT2D eigenvalue weighted by molar-refractivity contribution is 6.23. The lowest BCUT2D eigenvalue weighted by molar-refractivity contribution is -0.138. The van der Waals surface area contributed by atoms with Crippen molar-refractivity contribution >= 4 is 57.6 Å². The van der Waals surface area contributed by atoms with Crippen LogP contribution in [0.4, 0.5) is 30.4 Å². The van der Waals surface area contributed by atoms with Gasteiger partial charge in [0.15, 0.2) is 11.5 Å². The first-order valence-corrected chi connectivity index (χ1v) is 23.6.